The molecule has 0 aliphatic carbocycles. The van der Waals surface area contributed by atoms with Gasteiger partial charge in [0, 0.05) is 36.5 Å². The summed E-state index contributed by atoms with van der Waals surface area (Å²) in [7, 11) is -2.38. The van der Waals surface area contributed by atoms with Crippen molar-refractivity contribution in [2.45, 2.75) is 29.9 Å². The molecular weight excluding hydrogens is 390 g/mol. The fourth-order valence-corrected chi connectivity index (χ4v) is 4.54. The zero-order chi connectivity index (χ0) is 19.4. The fourth-order valence-electron chi connectivity index (χ4n) is 3.17. The molecule has 0 saturated carbocycles. The Morgan fingerprint density at radius 3 is 2.70 bits per heavy atom. The van der Waals surface area contributed by atoms with Gasteiger partial charge in [-0.25, -0.2) is 13.1 Å². The quantitative estimate of drug-likeness (QED) is 0.732. The second kappa shape index (κ2) is 8.35. The Hall–Kier alpha value is -2.00. The first-order valence-corrected chi connectivity index (χ1v) is 10.2. The number of hydrogen-bond acceptors (Lipinski definition) is 6. The predicted octanol–water partition coefficient (Wildman–Crippen LogP) is 1.83. The first-order chi connectivity index (χ1) is 12.9. The lowest BCUT2D eigenvalue weighted by Crippen LogP contribution is -2.37. The van der Waals surface area contributed by atoms with Crippen molar-refractivity contribution in [1.29, 1.82) is 0 Å². The van der Waals surface area contributed by atoms with Crippen LogP contribution < -0.4 is 4.72 Å². The Kier molecular flexibility index (Phi) is 6.11. The molecule has 9 heteroatoms. The highest BCUT2D eigenvalue weighted by atomic mass is 35.5. The zero-order valence-corrected chi connectivity index (χ0v) is 16.3. The second-order valence-corrected chi connectivity index (χ2v) is 8.49. The summed E-state index contributed by atoms with van der Waals surface area (Å²) in [5, 5.41) is 0.461. The Morgan fingerprint density at radius 2 is 2.07 bits per heavy atom. The van der Waals surface area contributed by atoms with Crippen LogP contribution in [0.1, 0.15) is 12.0 Å². The second-order valence-electron chi connectivity index (χ2n) is 6.34. The number of nitrogens with zero attached hydrogens (tertiary/aromatic N) is 2. The minimum atomic E-state index is -3.71. The van der Waals surface area contributed by atoms with E-state index in [9.17, 15) is 13.2 Å². The van der Waals surface area contributed by atoms with Gasteiger partial charge in [0.15, 0.2) is 0 Å². The molecule has 0 spiro atoms. The van der Waals surface area contributed by atoms with E-state index in [1.54, 1.807) is 12.4 Å². The molecule has 2 heterocycles. The van der Waals surface area contributed by atoms with Crippen LogP contribution in [0.4, 0.5) is 0 Å². The van der Waals surface area contributed by atoms with E-state index >= 15 is 0 Å². The molecular formula is C18H20ClN3O4S. The van der Waals surface area contributed by atoms with Crippen molar-refractivity contribution in [1.82, 2.24) is 14.6 Å². The molecule has 7 nitrogen and oxygen atoms in total. The number of aromatic nitrogens is 1. The van der Waals surface area contributed by atoms with Crippen molar-refractivity contribution >= 4 is 27.6 Å². The number of halogens is 1. The molecule has 1 aliphatic heterocycles. The summed E-state index contributed by atoms with van der Waals surface area (Å²) in [5.74, 6) is -0.382. The molecule has 0 amide bonds. The maximum atomic E-state index is 12.6. The van der Waals surface area contributed by atoms with Gasteiger partial charge in [-0.05, 0) is 42.3 Å². The highest BCUT2D eigenvalue weighted by Gasteiger charge is 2.39. The van der Waals surface area contributed by atoms with Gasteiger partial charge in [0.1, 0.15) is 6.04 Å². The Balaban J connectivity index is 1.75. The van der Waals surface area contributed by atoms with Crippen LogP contribution in [0.3, 0.4) is 0 Å². The number of benzene rings is 1. The lowest BCUT2D eigenvalue weighted by Gasteiger charge is -2.21. The molecule has 2 aromatic rings. The summed E-state index contributed by atoms with van der Waals surface area (Å²) in [6, 6.07) is 8.74. The van der Waals surface area contributed by atoms with Crippen LogP contribution in [0, 0.1) is 0 Å². The average Bonchev–Trinajstić information content (AvgIpc) is 3.03. The van der Waals surface area contributed by atoms with Gasteiger partial charge < -0.3 is 4.74 Å². The Bertz CT molecular complexity index is 891. The highest BCUT2D eigenvalue weighted by molar-refractivity contribution is 7.89. The minimum Gasteiger partial charge on any atom is -0.468 e. The summed E-state index contributed by atoms with van der Waals surface area (Å²) in [6.07, 6.45) is 3.73. The molecule has 0 radical (unpaired) electrons. The topological polar surface area (TPSA) is 88.6 Å². The molecule has 1 aromatic heterocycles. The largest absolute Gasteiger partial charge is 0.468 e. The van der Waals surface area contributed by atoms with Crippen LogP contribution >= 0.6 is 11.6 Å². The standard InChI is InChI=1S/C18H20ClN3O4S/c1-26-18(23)17-9-15(12-22(17)11-13-3-2-8-20-10-13)21-27(24,25)16-6-4-14(19)5-7-16/h2-8,10,15,17,21H,9,11-12H2,1H3/t15-,17+/m1/s1. The van der Waals surface area contributed by atoms with Gasteiger partial charge in [-0.15, -0.1) is 0 Å². The van der Waals surface area contributed by atoms with Crippen molar-refractivity contribution in [3.05, 3.63) is 59.4 Å². The van der Waals surface area contributed by atoms with E-state index in [0.717, 1.165) is 5.56 Å². The minimum absolute atomic E-state index is 0.132. The van der Waals surface area contributed by atoms with Crippen LogP contribution in [0.25, 0.3) is 0 Å². The molecule has 1 saturated heterocycles. The summed E-state index contributed by atoms with van der Waals surface area (Å²) < 4.78 is 32.8. The number of nitrogens with one attached hydrogen (secondary N) is 1. The van der Waals surface area contributed by atoms with Crippen molar-refractivity contribution in [3.8, 4) is 0 Å². The van der Waals surface area contributed by atoms with Gasteiger partial charge in [-0.1, -0.05) is 17.7 Å². The van der Waals surface area contributed by atoms with E-state index in [1.807, 2.05) is 17.0 Å². The van der Waals surface area contributed by atoms with Gasteiger partial charge >= 0.3 is 5.97 Å². The molecule has 2 atom stereocenters. The summed E-state index contributed by atoms with van der Waals surface area (Å²) in [4.78, 5) is 18.3. The maximum absolute atomic E-state index is 12.6. The molecule has 27 heavy (non-hydrogen) atoms. The molecule has 1 aromatic carbocycles. The third-order valence-corrected chi connectivity index (χ3v) is 6.22. The zero-order valence-electron chi connectivity index (χ0n) is 14.7. The smallest absolute Gasteiger partial charge is 0.323 e. The lowest BCUT2D eigenvalue weighted by atomic mass is 10.2. The highest BCUT2D eigenvalue weighted by Crippen LogP contribution is 2.23. The van der Waals surface area contributed by atoms with E-state index in [-0.39, 0.29) is 10.9 Å². The molecule has 0 bridgehead atoms. The number of esters is 1. The van der Waals surface area contributed by atoms with Gasteiger partial charge in [-0.3, -0.25) is 14.7 Å². The number of hydrogen-bond donors (Lipinski definition) is 1. The van der Waals surface area contributed by atoms with Crippen LogP contribution in [0.5, 0.6) is 0 Å². The molecule has 3 rings (SSSR count). The van der Waals surface area contributed by atoms with Crippen molar-refractivity contribution in [3.63, 3.8) is 0 Å². The number of likely N-dealkylation sites (tertiary alicyclic amines) is 1. The van der Waals surface area contributed by atoms with Crippen molar-refractivity contribution in [2.24, 2.45) is 0 Å². The number of sulfonamides is 1. The van der Waals surface area contributed by atoms with E-state index in [1.165, 1.54) is 31.4 Å². The average molecular weight is 410 g/mol. The van der Waals surface area contributed by atoms with Gasteiger partial charge in [0.25, 0.3) is 0 Å². The normalized spacial score (nSPS) is 20.5. The van der Waals surface area contributed by atoms with Crippen molar-refractivity contribution in [2.75, 3.05) is 13.7 Å². The Morgan fingerprint density at radius 1 is 1.33 bits per heavy atom. The SMILES string of the molecule is COC(=O)[C@@H]1C[C@@H](NS(=O)(=O)c2ccc(Cl)cc2)CN1Cc1cccnc1. The first kappa shape index (κ1) is 19.8. The number of ether oxygens (including phenoxy) is 1. The van der Waals surface area contributed by atoms with E-state index in [2.05, 4.69) is 9.71 Å². The number of rotatable bonds is 6. The number of pyridine rings is 1. The molecule has 0 unspecified atom stereocenters. The fraction of sp³-hybridized carbons (Fsp3) is 0.333. The van der Waals surface area contributed by atoms with Crippen LogP contribution in [-0.2, 0) is 26.1 Å². The molecule has 144 valence electrons. The lowest BCUT2D eigenvalue weighted by molar-refractivity contribution is -0.146. The third-order valence-electron chi connectivity index (χ3n) is 4.43. The van der Waals surface area contributed by atoms with Crippen LogP contribution in [-0.4, -0.2) is 50.0 Å². The summed E-state index contributed by atoms with van der Waals surface area (Å²) >= 11 is 5.82. The molecule has 1 N–H and O–H groups in total. The van der Waals surface area contributed by atoms with Crippen LogP contribution in [0.15, 0.2) is 53.7 Å². The van der Waals surface area contributed by atoms with E-state index < -0.39 is 22.1 Å². The number of carbonyl (C=O) groups excluding carboxylic acids is 1. The van der Waals surface area contributed by atoms with E-state index in [0.29, 0.717) is 24.5 Å². The van der Waals surface area contributed by atoms with Gasteiger partial charge in [-0.2, -0.15) is 0 Å². The number of methoxy groups -OCH3 is 1. The summed E-state index contributed by atoms with van der Waals surface area (Å²) in [5.41, 5.74) is 0.938. The predicted molar refractivity (Wildman–Crippen MR) is 101 cm³/mol. The maximum Gasteiger partial charge on any atom is 0.323 e. The first-order valence-electron chi connectivity index (χ1n) is 8.38. The van der Waals surface area contributed by atoms with Crippen molar-refractivity contribution < 1.29 is 17.9 Å². The van der Waals surface area contributed by atoms with Crippen LogP contribution in [0.2, 0.25) is 5.02 Å². The molecule has 1 fully saturated rings. The van der Waals surface area contributed by atoms with E-state index in [4.69, 9.17) is 16.3 Å². The van der Waals surface area contributed by atoms with Gasteiger partial charge in [0.2, 0.25) is 10.0 Å². The monoisotopic (exact) mass is 409 g/mol. The van der Waals surface area contributed by atoms with Gasteiger partial charge in [0.05, 0.1) is 12.0 Å². The third kappa shape index (κ3) is 4.84. The number of carbonyl (C=O) groups is 1. The Labute approximate surface area is 163 Å². The molecule has 1 aliphatic rings. The summed E-state index contributed by atoms with van der Waals surface area (Å²) in [6.45, 7) is 0.869.